The average molecular weight is 318 g/mol. The largest absolute Gasteiger partial charge is 0.357 e. The highest BCUT2D eigenvalue weighted by Gasteiger charge is 2.28. The van der Waals surface area contributed by atoms with Crippen molar-refractivity contribution in [1.29, 1.82) is 0 Å². The molecule has 0 aliphatic carbocycles. The molecule has 2 aromatic carbocycles. The quantitative estimate of drug-likeness (QED) is 0.731. The van der Waals surface area contributed by atoms with Crippen molar-refractivity contribution in [2.24, 2.45) is 0 Å². The maximum atomic E-state index is 3.68. The third-order valence-electron chi connectivity index (χ3n) is 5.22. The van der Waals surface area contributed by atoms with Crippen molar-refractivity contribution in [2.75, 3.05) is 16.8 Å². The first-order valence-electron chi connectivity index (χ1n) is 9.29. The maximum absolute atomic E-state index is 3.68. The Hall–Kier alpha value is -2.22. The summed E-state index contributed by atoms with van der Waals surface area (Å²) in [6, 6.07) is 17.6. The van der Waals surface area contributed by atoms with Gasteiger partial charge in [0, 0.05) is 42.2 Å². The molecule has 124 valence electrons. The first-order valence-corrected chi connectivity index (χ1v) is 9.29. The average Bonchev–Trinajstić information content (AvgIpc) is 3.20. The molecule has 0 saturated carbocycles. The first kappa shape index (κ1) is 15.3. The molecule has 0 radical (unpaired) electrons. The number of nitrogens with zero attached hydrogens (tertiary/aromatic N) is 1. The van der Waals surface area contributed by atoms with Crippen LogP contribution < -0.4 is 10.2 Å². The van der Waals surface area contributed by atoms with Crippen molar-refractivity contribution in [2.45, 2.75) is 45.4 Å². The third kappa shape index (κ3) is 2.82. The van der Waals surface area contributed by atoms with E-state index in [-0.39, 0.29) is 0 Å². The van der Waals surface area contributed by atoms with Crippen LogP contribution in [0.2, 0.25) is 0 Å². The van der Waals surface area contributed by atoms with Gasteiger partial charge in [0.25, 0.3) is 0 Å². The summed E-state index contributed by atoms with van der Waals surface area (Å²) < 4.78 is 0. The number of nitrogens with one attached hydrogen (secondary N) is 1. The number of fused-ring (bicyclic) bond motifs is 2. The van der Waals surface area contributed by atoms with Crippen molar-refractivity contribution < 1.29 is 0 Å². The summed E-state index contributed by atoms with van der Waals surface area (Å²) in [6.45, 7) is 3.41. The Kier molecular flexibility index (Phi) is 4.29. The lowest BCUT2D eigenvalue weighted by Gasteiger charge is -2.23. The molecule has 0 amide bonds. The molecule has 24 heavy (non-hydrogen) atoms. The molecule has 0 spiro atoms. The van der Waals surface area contributed by atoms with Crippen molar-refractivity contribution in [3.8, 4) is 0 Å². The van der Waals surface area contributed by atoms with Gasteiger partial charge in [-0.15, -0.1) is 0 Å². The molecule has 0 fully saturated rings. The molecule has 4 rings (SSSR count). The lowest BCUT2D eigenvalue weighted by Crippen LogP contribution is -2.23. The standard InChI is InChI=1S/C22H26N2/c1-2-3-4-9-14-24-21-13-8-6-11-18(21)16-22(24)20-15-17-10-5-7-12-19(17)23-20/h5-8,10-13,23H,2-4,9,14-16H2,1H3/b22-20+. The zero-order valence-electron chi connectivity index (χ0n) is 14.5. The van der Waals surface area contributed by atoms with Crippen molar-refractivity contribution >= 4 is 11.4 Å². The number of anilines is 2. The van der Waals surface area contributed by atoms with Gasteiger partial charge >= 0.3 is 0 Å². The van der Waals surface area contributed by atoms with Crippen LogP contribution in [0.1, 0.15) is 43.7 Å². The fourth-order valence-electron chi connectivity index (χ4n) is 3.93. The summed E-state index contributed by atoms with van der Waals surface area (Å²) in [4.78, 5) is 2.57. The Morgan fingerprint density at radius 2 is 1.67 bits per heavy atom. The monoisotopic (exact) mass is 318 g/mol. The van der Waals surface area contributed by atoms with Gasteiger partial charge in [-0.3, -0.25) is 0 Å². The summed E-state index contributed by atoms with van der Waals surface area (Å²) in [6.07, 6.45) is 7.31. The predicted octanol–water partition coefficient (Wildman–Crippen LogP) is 5.51. The van der Waals surface area contributed by atoms with Crippen LogP contribution in [-0.2, 0) is 12.8 Å². The SMILES string of the molecule is CCCCCCN1/C(=C2\Cc3ccccc3N2)Cc2ccccc21. The van der Waals surface area contributed by atoms with E-state index in [1.54, 1.807) is 0 Å². The van der Waals surface area contributed by atoms with Crippen LogP contribution in [0, 0.1) is 0 Å². The Balaban J connectivity index is 1.61. The summed E-state index contributed by atoms with van der Waals surface area (Å²) in [7, 11) is 0. The Labute approximate surface area is 145 Å². The van der Waals surface area contributed by atoms with Gasteiger partial charge in [-0.2, -0.15) is 0 Å². The Bertz CT molecular complexity index is 733. The van der Waals surface area contributed by atoms with E-state index < -0.39 is 0 Å². The van der Waals surface area contributed by atoms with Crippen LogP contribution >= 0.6 is 0 Å². The summed E-state index contributed by atoms with van der Waals surface area (Å²) in [5.74, 6) is 0. The molecule has 2 aliphatic heterocycles. The number of hydrogen-bond acceptors (Lipinski definition) is 2. The molecule has 0 aromatic heterocycles. The summed E-state index contributed by atoms with van der Waals surface area (Å²) >= 11 is 0. The molecule has 2 heterocycles. The molecule has 2 nitrogen and oxygen atoms in total. The van der Waals surface area contributed by atoms with Crippen LogP contribution in [0.5, 0.6) is 0 Å². The lowest BCUT2D eigenvalue weighted by atomic mass is 10.1. The topological polar surface area (TPSA) is 15.3 Å². The van der Waals surface area contributed by atoms with E-state index in [1.165, 1.54) is 59.6 Å². The van der Waals surface area contributed by atoms with Gasteiger partial charge in [-0.25, -0.2) is 0 Å². The van der Waals surface area contributed by atoms with Gasteiger partial charge in [-0.05, 0) is 29.7 Å². The van der Waals surface area contributed by atoms with Gasteiger partial charge in [-0.1, -0.05) is 62.6 Å². The van der Waals surface area contributed by atoms with Gasteiger partial charge in [0.1, 0.15) is 0 Å². The molecule has 0 bridgehead atoms. The minimum Gasteiger partial charge on any atom is -0.357 e. The molecule has 1 N–H and O–H groups in total. The molecule has 2 aliphatic rings. The highest BCUT2D eigenvalue weighted by molar-refractivity contribution is 5.70. The van der Waals surface area contributed by atoms with Crippen LogP contribution in [0.3, 0.4) is 0 Å². The molecule has 0 unspecified atom stereocenters. The zero-order valence-corrected chi connectivity index (χ0v) is 14.5. The Morgan fingerprint density at radius 3 is 2.50 bits per heavy atom. The first-order chi connectivity index (χ1) is 11.9. The van der Waals surface area contributed by atoms with Gasteiger partial charge in [0.15, 0.2) is 0 Å². The second kappa shape index (κ2) is 6.72. The van der Waals surface area contributed by atoms with Gasteiger partial charge in [0.05, 0.1) is 0 Å². The zero-order chi connectivity index (χ0) is 16.4. The molecule has 0 atom stereocenters. The van der Waals surface area contributed by atoms with Crippen LogP contribution in [0.15, 0.2) is 59.9 Å². The van der Waals surface area contributed by atoms with Crippen LogP contribution in [0.4, 0.5) is 11.4 Å². The number of para-hydroxylation sites is 2. The van der Waals surface area contributed by atoms with Crippen molar-refractivity contribution in [3.63, 3.8) is 0 Å². The van der Waals surface area contributed by atoms with E-state index >= 15 is 0 Å². The van der Waals surface area contributed by atoms with Crippen LogP contribution in [-0.4, -0.2) is 6.54 Å². The predicted molar refractivity (Wildman–Crippen MR) is 102 cm³/mol. The highest BCUT2D eigenvalue weighted by atomic mass is 15.2. The van der Waals surface area contributed by atoms with Crippen molar-refractivity contribution in [3.05, 3.63) is 71.1 Å². The van der Waals surface area contributed by atoms with E-state index in [1.807, 2.05) is 0 Å². The third-order valence-corrected chi connectivity index (χ3v) is 5.22. The van der Waals surface area contributed by atoms with E-state index in [0.29, 0.717) is 0 Å². The van der Waals surface area contributed by atoms with E-state index in [4.69, 9.17) is 0 Å². The van der Waals surface area contributed by atoms with E-state index in [2.05, 4.69) is 65.7 Å². The summed E-state index contributed by atoms with van der Waals surface area (Å²) in [5, 5.41) is 3.68. The fraction of sp³-hybridized carbons (Fsp3) is 0.364. The molecular weight excluding hydrogens is 292 g/mol. The highest BCUT2D eigenvalue weighted by Crippen LogP contribution is 2.39. The molecular formula is C22H26N2. The Morgan fingerprint density at radius 1 is 0.875 bits per heavy atom. The van der Waals surface area contributed by atoms with Crippen LogP contribution in [0.25, 0.3) is 0 Å². The van der Waals surface area contributed by atoms with E-state index in [0.717, 1.165) is 19.4 Å². The number of benzene rings is 2. The lowest BCUT2D eigenvalue weighted by molar-refractivity contribution is 0.662. The van der Waals surface area contributed by atoms with E-state index in [9.17, 15) is 0 Å². The number of rotatable bonds is 5. The minimum absolute atomic E-state index is 1.03. The van der Waals surface area contributed by atoms with Gasteiger partial charge < -0.3 is 10.2 Å². The smallest absolute Gasteiger partial charge is 0.0445 e. The number of unbranched alkanes of at least 4 members (excludes halogenated alkanes) is 3. The van der Waals surface area contributed by atoms with Gasteiger partial charge in [0.2, 0.25) is 0 Å². The molecule has 2 heteroatoms. The summed E-state index contributed by atoms with van der Waals surface area (Å²) in [5.41, 5.74) is 8.44. The number of hydrogen-bond donors (Lipinski definition) is 1. The normalized spacial score (nSPS) is 18.5. The molecule has 0 saturated heterocycles. The minimum atomic E-state index is 1.03. The maximum Gasteiger partial charge on any atom is 0.0445 e. The van der Waals surface area contributed by atoms with Crippen molar-refractivity contribution in [1.82, 2.24) is 0 Å². The second-order valence-corrected chi connectivity index (χ2v) is 6.90. The molecule has 2 aromatic rings. The second-order valence-electron chi connectivity index (χ2n) is 6.90. The number of allylic oxidation sites excluding steroid dienone is 2. The fourth-order valence-corrected chi connectivity index (χ4v) is 3.93.